The van der Waals surface area contributed by atoms with Crippen molar-refractivity contribution < 1.29 is 19.1 Å². The Labute approximate surface area is 165 Å². The van der Waals surface area contributed by atoms with E-state index in [1.54, 1.807) is 13.8 Å². The van der Waals surface area contributed by atoms with E-state index in [4.69, 9.17) is 9.47 Å². The lowest BCUT2D eigenvalue weighted by atomic mass is 9.61. The molecule has 1 aliphatic heterocycles. The van der Waals surface area contributed by atoms with E-state index in [2.05, 4.69) is 6.07 Å². The maximum atomic E-state index is 13.2. The van der Waals surface area contributed by atoms with Crippen molar-refractivity contribution in [1.29, 1.82) is 0 Å². The molecule has 1 heterocycles. The van der Waals surface area contributed by atoms with Crippen LogP contribution in [-0.4, -0.2) is 31.8 Å². The van der Waals surface area contributed by atoms with E-state index in [-0.39, 0.29) is 12.3 Å². The van der Waals surface area contributed by atoms with Crippen LogP contribution in [0, 0.1) is 5.41 Å². The van der Waals surface area contributed by atoms with Crippen molar-refractivity contribution in [2.45, 2.75) is 38.4 Å². The molecule has 1 atom stereocenters. The lowest BCUT2D eigenvalue weighted by Gasteiger charge is -2.46. The zero-order chi connectivity index (χ0) is 20.1. The molecule has 5 nitrogen and oxygen atoms in total. The molecule has 2 aromatic carbocycles. The third-order valence-electron chi connectivity index (χ3n) is 5.82. The van der Waals surface area contributed by atoms with Gasteiger partial charge in [-0.05, 0) is 35.2 Å². The molecule has 4 rings (SSSR count). The van der Waals surface area contributed by atoms with Crippen molar-refractivity contribution in [3.05, 3.63) is 65.2 Å². The number of ether oxygens (including phenoxy) is 2. The fraction of sp³-hybridized carbons (Fsp3) is 0.391. The highest BCUT2D eigenvalue weighted by atomic mass is 16.7. The Kier molecular flexibility index (Phi) is 4.21. The van der Waals surface area contributed by atoms with Crippen LogP contribution in [0.15, 0.2) is 48.5 Å². The first kappa shape index (κ1) is 18.5. The second-order valence-electron chi connectivity index (χ2n) is 8.34. The summed E-state index contributed by atoms with van der Waals surface area (Å²) in [6, 6.07) is 16.0. The molecule has 0 amide bonds. The number of cyclic esters (lactones) is 2. The van der Waals surface area contributed by atoms with Gasteiger partial charge in [-0.1, -0.05) is 36.4 Å². The van der Waals surface area contributed by atoms with Gasteiger partial charge < -0.3 is 14.4 Å². The van der Waals surface area contributed by atoms with Gasteiger partial charge in [0.1, 0.15) is 0 Å². The quantitative estimate of drug-likeness (QED) is 0.591. The molecule has 1 unspecified atom stereocenters. The first-order valence-corrected chi connectivity index (χ1v) is 9.54. The number of esters is 2. The van der Waals surface area contributed by atoms with Crippen LogP contribution in [0.4, 0.5) is 5.69 Å². The van der Waals surface area contributed by atoms with E-state index in [0.29, 0.717) is 6.42 Å². The van der Waals surface area contributed by atoms with Crippen molar-refractivity contribution in [3.8, 4) is 0 Å². The molecular formula is C23H25NO4. The summed E-state index contributed by atoms with van der Waals surface area (Å²) in [7, 11) is 3.95. The molecule has 1 saturated heterocycles. The Morgan fingerprint density at radius 2 is 1.46 bits per heavy atom. The molecule has 1 spiro atoms. The van der Waals surface area contributed by atoms with Crippen LogP contribution in [0.5, 0.6) is 0 Å². The number of benzene rings is 2. The van der Waals surface area contributed by atoms with Crippen LogP contribution in [-0.2, 0) is 31.9 Å². The fourth-order valence-electron chi connectivity index (χ4n) is 4.32. The monoisotopic (exact) mass is 379 g/mol. The van der Waals surface area contributed by atoms with Crippen LogP contribution in [0.1, 0.15) is 36.5 Å². The molecule has 1 fully saturated rings. The van der Waals surface area contributed by atoms with E-state index in [1.807, 2.05) is 61.5 Å². The molecular weight excluding hydrogens is 354 g/mol. The SMILES string of the molecule is CN(C)c1ccc(C2Cc3ccccc3CC23C(=O)OC(C)(C)OC3=O)cc1. The first-order chi connectivity index (χ1) is 13.2. The zero-order valence-corrected chi connectivity index (χ0v) is 16.7. The van der Waals surface area contributed by atoms with Gasteiger partial charge in [0.05, 0.1) is 0 Å². The number of fused-ring (bicyclic) bond motifs is 1. The predicted molar refractivity (Wildman–Crippen MR) is 106 cm³/mol. The molecule has 0 radical (unpaired) electrons. The lowest BCUT2D eigenvalue weighted by molar-refractivity contribution is -0.253. The summed E-state index contributed by atoms with van der Waals surface area (Å²) < 4.78 is 11.2. The van der Waals surface area contributed by atoms with Gasteiger partial charge in [0.25, 0.3) is 5.79 Å². The number of hydrogen-bond donors (Lipinski definition) is 0. The molecule has 0 bridgehead atoms. The minimum Gasteiger partial charge on any atom is -0.422 e. The highest BCUT2D eigenvalue weighted by molar-refractivity contribution is 6.03. The lowest BCUT2D eigenvalue weighted by Crippen LogP contribution is -2.59. The minimum atomic E-state index is -1.36. The molecule has 0 aromatic heterocycles. The Balaban J connectivity index is 1.84. The van der Waals surface area contributed by atoms with Crippen molar-refractivity contribution in [2.24, 2.45) is 5.41 Å². The van der Waals surface area contributed by atoms with Crippen LogP contribution in [0.3, 0.4) is 0 Å². The summed E-state index contributed by atoms with van der Waals surface area (Å²) >= 11 is 0. The Hall–Kier alpha value is -2.82. The maximum absolute atomic E-state index is 13.2. The van der Waals surface area contributed by atoms with E-state index in [1.165, 1.54) is 0 Å². The van der Waals surface area contributed by atoms with Crippen LogP contribution >= 0.6 is 0 Å². The fourth-order valence-corrected chi connectivity index (χ4v) is 4.32. The van der Waals surface area contributed by atoms with E-state index in [0.717, 1.165) is 22.4 Å². The molecule has 146 valence electrons. The Morgan fingerprint density at radius 1 is 0.893 bits per heavy atom. The van der Waals surface area contributed by atoms with Gasteiger partial charge in [0.2, 0.25) is 0 Å². The van der Waals surface area contributed by atoms with Gasteiger partial charge >= 0.3 is 11.9 Å². The third-order valence-corrected chi connectivity index (χ3v) is 5.82. The normalized spacial score (nSPS) is 22.2. The van der Waals surface area contributed by atoms with Gasteiger partial charge in [-0.25, -0.2) is 0 Å². The summed E-state index contributed by atoms with van der Waals surface area (Å²) in [4.78, 5) is 28.5. The smallest absolute Gasteiger partial charge is 0.327 e. The molecule has 0 saturated carbocycles. The van der Waals surface area contributed by atoms with E-state index in [9.17, 15) is 9.59 Å². The summed E-state index contributed by atoms with van der Waals surface area (Å²) in [6.07, 6.45) is 0.874. The second-order valence-corrected chi connectivity index (χ2v) is 8.34. The average Bonchev–Trinajstić information content (AvgIpc) is 2.65. The standard InChI is InChI=1S/C23H25NO4/c1-22(2)27-20(25)23(21(26)28-22)14-17-8-6-5-7-16(17)13-19(23)15-9-11-18(12-10-15)24(3)4/h5-12,19H,13-14H2,1-4H3. The number of anilines is 1. The second kappa shape index (κ2) is 6.36. The molecule has 28 heavy (non-hydrogen) atoms. The number of nitrogens with zero attached hydrogens (tertiary/aromatic N) is 1. The van der Waals surface area contributed by atoms with Crippen LogP contribution in [0.2, 0.25) is 0 Å². The molecule has 2 aromatic rings. The Morgan fingerprint density at radius 3 is 2.04 bits per heavy atom. The van der Waals surface area contributed by atoms with Crippen molar-refractivity contribution in [2.75, 3.05) is 19.0 Å². The van der Waals surface area contributed by atoms with Gasteiger partial charge in [-0.3, -0.25) is 9.59 Å². The average molecular weight is 379 g/mol. The van der Waals surface area contributed by atoms with Gasteiger partial charge in [0.15, 0.2) is 5.41 Å². The third kappa shape index (κ3) is 2.86. The van der Waals surface area contributed by atoms with E-state index < -0.39 is 23.1 Å². The van der Waals surface area contributed by atoms with E-state index >= 15 is 0 Å². The molecule has 0 N–H and O–H groups in total. The molecule has 2 aliphatic rings. The summed E-state index contributed by atoms with van der Waals surface area (Å²) in [6.45, 7) is 3.18. The summed E-state index contributed by atoms with van der Waals surface area (Å²) in [5.74, 6) is -2.57. The van der Waals surface area contributed by atoms with Gasteiger partial charge in [-0.2, -0.15) is 0 Å². The van der Waals surface area contributed by atoms with Crippen molar-refractivity contribution in [3.63, 3.8) is 0 Å². The number of rotatable bonds is 2. The topological polar surface area (TPSA) is 55.8 Å². The highest BCUT2D eigenvalue weighted by Gasteiger charge is 2.62. The largest absolute Gasteiger partial charge is 0.422 e. The number of carbonyl (C=O) groups excluding carboxylic acids is 2. The molecule has 5 heteroatoms. The van der Waals surface area contributed by atoms with Crippen LogP contribution < -0.4 is 4.90 Å². The number of carbonyl (C=O) groups is 2. The number of hydrogen-bond acceptors (Lipinski definition) is 5. The maximum Gasteiger partial charge on any atom is 0.327 e. The minimum absolute atomic E-state index is 0.289. The summed E-state index contributed by atoms with van der Waals surface area (Å²) in [5, 5.41) is 0. The van der Waals surface area contributed by atoms with Crippen LogP contribution in [0.25, 0.3) is 0 Å². The molecule has 1 aliphatic carbocycles. The van der Waals surface area contributed by atoms with Crippen molar-refractivity contribution in [1.82, 2.24) is 0 Å². The highest BCUT2D eigenvalue weighted by Crippen LogP contribution is 2.50. The van der Waals surface area contributed by atoms with Crippen molar-refractivity contribution >= 4 is 17.6 Å². The Bertz CT molecular complexity index is 910. The van der Waals surface area contributed by atoms with Gasteiger partial charge in [0, 0.05) is 46.0 Å². The zero-order valence-electron chi connectivity index (χ0n) is 16.7. The summed E-state index contributed by atoms with van der Waals surface area (Å²) in [5.41, 5.74) is 2.79. The first-order valence-electron chi connectivity index (χ1n) is 9.54. The van der Waals surface area contributed by atoms with Gasteiger partial charge in [-0.15, -0.1) is 0 Å². The predicted octanol–water partition coefficient (Wildman–Crippen LogP) is 3.46.